The van der Waals surface area contributed by atoms with Gasteiger partial charge in [-0.15, -0.1) is 0 Å². The van der Waals surface area contributed by atoms with Gasteiger partial charge in [-0.05, 0) is 67.4 Å². The molecule has 0 aliphatic carbocycles. The molecular formula is C24H27N3O3S. The second kappa shape index (κ2) is 9.66. The number of anilines is 2. The van der Waals surface area contributed by atoms with Crippen LogP contribution < -0.4 is 14.9 Å². The number of carbonyl (C=O) groups excluding carboxylic acids is 1. The van der Waals surface area contributed by atoms with E-state index in [1.165, 1.54) is 24.3 Å². The number of hydrogen-bond acceptors (Lipinski definition) is 4. The Hall–Kier alpha value is -3.32. The first-order valence-corrected chi connectivity index (χ1v) is 11.5. The molecule has 0 bridgehead atoms. The van der Waals surface area contributed by atoms with Gasteiger partial charge >= 0.3 is 0 Å². The summed E-state index contributed by atoms with van der Waals surface area (Å²) in [6.07, 6.45) is 0. The zero-order valence-corrected chi connectivity index (χ0v) is 18.7. The molecule has 0 saturated heterocycles. The summed E-state index contributed by atoms with van der Waals surface area (Å²) in [5.74, 6) is -0.243. The fourth-order valence-electron chi connectivity index (χ4n) is 3.10. The van der Waals surface area contributed by atoms with E-state index < -0.39 is 10.0 Å². The molecular weight excluding hydrogens is 410 g/mol. The summed E-state index contributed by atoms with van der Waals surface area (Å²) < 4.78 is 28.0. The van der Waals surface area contributed by atoms with Crippen LogP contribution >= 0.6 is 0 Å². The van der Waals surface area contributed by atoms with Gasteiger partial charge in [0.1, 0.15) is 0 Å². The van der Waals surface area contributed by atoms with Crippen LogP contribution in [0.25, 0.3) is 0 Å². The van der Waals surface area contributed by atoms with Crippen LogP contribution in [0.5, 0.6) is 0 Å². The predicted molar refractivity (Wildman–Crippen MR) is 125 cm³/mol. The van der Waals surface area contributed by atoms with Gasteiger partial charge in [-0.3, -0.25) is 9.52 Å². The van der Waals surface area contributed by atoms with Gasteiger partial charge in [0, 0.05) is 31.4 Å². The van der Waals surface area contributed by atoms with E-state index >= 15 is 0 Å². The van der Waals surface area contributed by atoms with Crippen LogP contribution in [0.4, 0.5) is 11.4 Å². The van der Waals surface area contributed by atoms with Crippen molar-refractivity contribution in [2.24, 2.45) is 0 Å². The number of aryl methyl sites for hydroxylation is 1. The highest BCUT2D eigenvalue weighted by molar-refractivity contribution is 7.92. The minimum absolute atomic E-state index is 0.105. The number of sulfonamides is 1. The second-order valence-electron chi connectivity index (χ2n) is 7.39. The lowest BCUT2D eigenvalue weighted by Crippen LogP contribution is -2.33. The molecule has 31 heavy (non-hydrogen) atoms. The van der Waals surface area contributed by atoms with E-state index in [0.717, 1.165) is 16.8 Å². The normalized spacial score (nSPS) is 11.1. The maximum absolute atomic E-state index is 12.7. The van der Waals surface area contributed by atoms with Crippen molar-refractivity contribution in [1.29, 1.82) is 0 Å². The molecule has 0 heterocycles. The van der Waals surface area contributed by atoms with Crippen LogP contribution in [0, 0.1) is 13.8 Å². The van der Waals surface area contributed by atoms with Crippen LogP contribution in [0.2, 0.25) is 0 Å². The predicted octanol–water partition coefficient (Wildman–Crippen LogP) is 3.97. The third-order valence-corrected chi connectivity index (χ3v) is 6.59. The van der Waals surface area contributed by atoms with E-state index in [-0.39, 0.29) is 10.8 Å². The average Bonchev–Trinajstić information content (AvgIpc) is 2.77. The van der Waals surface area contributed by atoms with E-state index in [1.54, 1.807) is 6.07 Å². The molecule has 0 unspecified atom stereocenters. The van der Waals surface area contributed by atoms with Gasteiger partial charge in [-0.1, -0.05) is 30.3 Å². The summed E-state index contributed by atoms with van der Waals surface area (Å²) in [5.41, 5.74) is 3.91. The van der Waals surface area contributed by atoms with E-state index in [2.05, 4.69) is 14.9 Å². The summed E-state index contributed by atoms with van der Waals surface area (Å²) in [6, 6.07) is 21.3. The highest BCUT2D eigenvalue weighted by Crippen LogP contribution is 2.22. The number of likely N-dealkylation sites (N-methyl/N-ethyl adjacent to an activating group) is 1. The smallest absolute Gasteiger partial charge is 0.261 e. The first kappa shape index (κ1) is 22.4. The minimum atomic E-state index is -3.74. The van der Waals surface area contributed by atoms with E-state index in [0.29, 0.717) is 24.3 Å². The topological polar surface area (TPSA) is 78.5 Å². The molecule has 7 heteroatoms. The Bertz CT molecular complexity index is 1140. The molecule has 0 aromatic heterocycles. The SMILES string of the molecule is Cc1cccc(NS(=O)(=O)c2ccc(C(=O)NCCN(C)c3ccccc3)cc2)c1C. The number of carbonyl (C=O) groups is 1. The van der Waals surface area contributed by atoms with Crippen LogP contribution in [0.3, 0.4) is 0 Å². The average molecular weight is 438 g/mol. The summed E-state index contributed by atoms with van der Waals surface area (Å²) in [6.45, 7) is 4.93. The summed E-state index contributed by atoms with van der Waals surface area (Å²) in [7, 11) is -1.78. The maximum Gasteiger partial charge on any atom is 0.261 e. The summed E-state index contributed by atoms with van der Waals surface area (Å²) >= 11 is 0. The lowest BCUT2D eigenvalue weighted by atomic mass is 10.1. The van der Waals surface area contributed by atoms with Gasteiger partial charge < -0.3 is 10.2 Å². The molecule has 0 spiro atoms. The Morgan fingerprint density at radius 1 is 0.903 bits per heavy atom. The Morgan fingerprint density at radius 3 is 2.26 bits per heavy atom. The van der Waals surface area contributed by atoms with Crippen molar-refractivity contribution in [3.05, 3.63) is 89.5 Å². The van der Waals surface area contributed by atoms with Crippen molar-refractivity contribution in [2.45, 2.75) is 18.7 Å². The fourth-order valence-corrected chi connectivity index (χ4v) is 4.22. The van der Waals surface area contributed by atoms with E-state index in [9.17, 15) is 13.2 Å². The summed E-state index contributed by atoms with van der Waals surface area (Å²) in [4.78, 5) is 14.6. The van der Waals surface area contributed by atoms with Crippen molar-refractivity contribution < 1.29 is 13.2 Å². The number of para-hydroxylation sites is 1. The number of amides is 1. The molecule has 3 aromatic carbocycles. The Morgan fingerprint density at radius 2 is 1.58 bits per heavy atom. The van der Waals surface area contributed by atoms with Crippen molar-refractivity contribution >= 4 is 27.3 Å². The standard InChI is InChI=1S/C24H27N3O3S/c1-18-8-7-11-23(19(18)2)26-31(29,30)22-14-12-20(13-15-22)24(28)25-16-17-27(3)21-9-5-4-6-10-21/h4-15,26H,16-17H2,1-3H3,(H,25,28). The van der Waals surface area contributed by atoms with Gasteiger partial charge in [0.05, 0.1) is 10.6 Å². The van der Waals surface area contributed by atoms with Crippen LogP contribution in [0.15, 0.2) is 77.7 Å². The monoisotopic (exact) mass is 437 g/mol. The van der Waals surface area contributed by atoms with Crippen molar-refractivity contribution in [2.75, 3.05) is 29.8 Å². The van der Waals surface area contributed by atoms with Crippen molar-refractivity contribution in [3.63, 3.8) is 0 Å². The number of hydrogen-bond donors (Lipinski definition) is 2. The van der Waals surface area contributed by atoms with Gasteiger partial charge in [0.2, 0.25) is 0 Å². The van der Waals surface area contributed by atoms with Gasteiger partial charge in [0.25, 0.3) is 15.9 Å². The molecule has 162 valence electrons. The largest absolute Gasteiger partial charge is 0.373 e. The van der Waals surface area contributed by atoms with E-state index in [4.69, 9.17) is 0 Å². The molecule has 3 rings (SSSR count). The van der Waals surface area contributed by atoms with Gasteiger partial charge in [0.15, 0.2) is 0 Å². The Labute approximate surface area is 184 Å². The molecule has 0 radical (unpaired) electrons. The van der Waals surface area contributed by atoms with Crippen molar-refractivity contribution in [1.82, 2.24) is 5.32 Å². The third kappa shape index (κ3) is 5.64. The molecule has 2 N–H and O–H groups in total. The van der Waals surface area contributed by atoms with Gasteiger partial charge in [-0.25, -0.2) is 8.42 Å². The van der Waals surface area contributed by atoms with Crippen LogP contribution in [-0.4, -0.2) is 34.5 Å². The third-order valence-electron chi connectivity index (χ3n) is 5.21. The number of nitrogens with zero attached hydrogens (tertiary/aromatic N) is 1. The van der Waals surface area contributed by atoms with Crippen LogP contribution in [0.1, 0.15) is 21.5 Å². The highest BCUT2D eigenvalue weighted by atomic mass is 32.2. The molecule has 0 atom stereocenters. The maximum atomic E-state index is 12.7. The fraction of sp³-hybridized carbons (Fsp3) is 0.208. The lowest BCUT2D eigenvalue weighted by molar-refractivity contribution is 0.0954. The molecule has 3 aromatic rings. The lowest BCUT2D eigenvalue weighted by Gasteiger charge is -2.19. The van der Waals surface area contributed by atoms with Gasteiger partial charge in [-0.2, -0.15) is 0 Å². The first-order chi connectivity index (χ1) is 14.8. The summed E-state index contributed by atoms with van der Waals surface area (Å²) in [5, 5.41) is 2.87. The quantitative estimate of drug-likeness (QED) is 0.559. The zero-order chi connectivity index (χ0) is 22.4. The minimum Gasteiger partial charge on any atom is -0.373 e. The number of nitrogens with one attached hydrogen (secondary N) is 2. The Balaban J connectivity index is 1.60. The first-order valence-electron chi connectivity index (χ1n) is 10.0. The second-order valence-corrected chi connectivity index (χ2v) is 9.07. The zero-order valence-electron chi connectivity index (χ0n) is 17.9. The Kier molecular flexibility index (Phi) is 6.97. The molecule has 1 amide bonds. The molecule has 0 fully saturated rings. The molecule has 0 aliphatic rings. The number of benzene rings is 3. The molecule has 0 aliphatic heterocycles. The van der Waals surface area contributed by atoms with Crippen LogP contribution in [-0.2, 0) is 10.0 Å². The molecule has 0 saturated carbocycles. The van der Waals surface area contributed by atoms with E-state index in [1.807, 2.05) is 63.4 Å². The molecule has 6 nitrogen and oxygen atoms in total. The van der Waals surface area contributed by atoms with Crippen molar-refractivity contribution in [3.8, 4) is 0 Å². The number of rotatable bonds is 8. The highest BCUT2D eigenvalue weighted by Gasteiger charge is 2.16.